The first-order chi connectivity index (χ1) is 17.0. The third-order valence-corrected chi connectivity index (χ3v) is 6.86. The number of hydrogen-bond acceptors (Lipinski definition) is 7. The number of nitrogens with zero attached hydrogens (tertiary/aromatic N) is 2. The Morgan fingerprint density at radius 1 is 1.00 bits per heavy atom. The number of halogens is 1. The second kappa shape index (κ2) is 9.89. The fourth-order valence-corrected chi connectivity index (χ4v) is 5.05. The van der Waals surface area contributed by atoms with Crippen molar-refractivity contribution in [3.8, 4) is 11.5 Å². The average molecular weight is 499 g/mol. The standard InChI is InChI=1S/C26H27ClN2O6/c1-32-20-6-4-16(14-21(20)33-2)23-22-24(30)18-15-17(27)5-7-19(18)35-25(22)26(31)29(23)9-3-8-28-10-12-34-13-11-28/h4-7,14-15,23H,3,8-13H2,1-2H3. The molecule has 1 unspecified atom stereocenters. The molecule has 0 N–H and O–H groups in total. The van der Waals surface area contributed by atoms with E-state index in [4.69, 9.17) is 30.2 Å². The smallest absolute Gasteiger partial charge is 0.290 e. The summed E-state index contributed by atoms with van der Waals surface area (Å²) in [6.07, 6.45) is 0.753. The Kier molecular flexibility index (Phi) is 6.69. The van der Waals surface area contributed by atoms with Gasteiger partial charge in [-0.05, 0) is 42.3 Å². The molecule has 0 bridgehead atoms. The van der Waals surface area contributed by atoms with E-state index in [9.17, 15) is 9.59 Å². The fourth-order valence-electron chi connectivity index (χ4n) is 4.88. The molecule has 5 rings (SSSR count). The molecule has 1 saturated heterocycles. The molecular weight excluding hydrogens is 472 g/mol. The highest BCUT2D eigenvalue weighted by molar-refractivity contribution is 6.31. The zero-order valence-corrected chi connectivity index (χ0v) is 20.5. The summed E-state index contributed by atoms with van der Waals surface area (Å²) in [6.45, 7) is 4.49. The molecule has 1 fully saturated rings. The van der Waals surface area contributed by atoms with E-state index in [1.807, 2.05) is 12.1 Å². The van der Waals surface area contributed by atoms with Crippen LogP contribution >= 0.6 is 11.6 Å². The number of hydrogen-bond donors (Lipinski definition) is 0. The number of fused-ring (bicyclic) bond motifs is 2. The van der Waals surface area contributed by atoms with Crippen molar-refractivity contribution in [1.82, 2.24) is 9.80 Å². The summed E-state index contributed by atoms with van der Waals surface area (Å²) in [6, 6.07) is 9.68. The molecule has 1 atom stereocenters. The number of ether oxygens (including phenoxy) is 3. The van der Waals surface area contributed by atoms with Crippen molar-refractivity contribution in [2.75, 3.05) is 53.6 Å². The Labute approximate surface area is 207 Å². The number of rotatable bonds is 7. The molecular formula is C26H27ClN2O6. The SMILES string of the molecule is COc1ccc(C2c3c(oc4ccc(Cl)cc4c3=O)C(=O)N2CCCN2CCOCC2)cc1OC. The maximum absolute atomic E-state index is 13.7. The van der Waals surface area contributed by atoms with Gasteiger partial charge < -0.3 is 23.5 Å². The van der Waals surface area contributed by atoms with Gasteiger partial charge in [0.05, 0.1) is 44.4 Å². The highest BCUT2D eigenvalue weighted by Crippen LogP contribution is 2.41. The van der Waals surface area contributed by atoms with Crippen molar-refractivity contribution in [2.45, 2.75) is 12.5 Å². The Morgan fingerprint density at radius 2 is 1.77 bits per heavy atom. The highest BCUT2D eigenvalue weighted by Gasteiger charge is 2.42. The van der Waals surface area contributed by atoms with Gasteiger partial charge in [0.15, 0.2) is 16.9 Å². The van der Waals surface area contributed by atoms with Crippen LogP contribution in [0.1, 0.15) is 34.1 Å². The minimum absolute atomic E-state index is 0.0796. The molecule has 35 heavy (non-hydrogen) atoms. The summed E-state index contributed by atoms with van der Waals surface area (Å²) in [5.41, 5.74) is 1.15. The summed E-state index contributed by atoms with van der Waals surface area (Å²) in [7, 11) is 3.12. The van der Waals surface area contributed by atoms with Crippen LogP contribution < -0.4 is 14.9 Å². The lowest BCUT2D eigenvalue weighted by atomic mass is 9.98. The van der Waals surface area contributed by atoms with Crippen LogP contribution in [0.4, 0.5) is 0 Å². The van der Waals surface area contributed by atoms with Crippen molar-refractivity contribution < 1.29 is 23.4 Å². The van der Waals surface area contributed by atoms with E-state index in [0.29, 0.717) is 39.6 Å². The van der Waals surface area contributed by atoms with Gasteiger partial charge in [0, 0.05) is 31.2 Å². The van der Waals surface area contributed by atoms with Gasteiger partial charge >= 0.3 is 0 Å². The van der Waals surface area contributed by atoms with Gasteiger partial charge in [-0.3, -0.25) is 14.5 Å². The molecule has 1 aromatic heterocycles. The summed E-state index contributed by atoms with van der Waals surface area (Å²) in [5.74, 6) is 0.871. The number of morpholine rings is 1. The molecule has 3 heterocycles. The largest absolute Gasteiger partial charge is 0.493 e. The Hall–Kier alpha value is -3.07. The molecule has 0 aliphatic carbocycles. The Morgan fingerprint density at radius 3 is 2.51 bits per heavy atom. The Balaban J connectivity index is 1.57. The van der Waals surface area contributed by atoms with E-state index in [-0.39, 0.29) is 17.1 Å². The normalized spacial score (nSPS) is 18.2. The molecule has 9 heteroatoms. The molecule has 2 aliphatic heterocycles. The average Bonchev–Trinajstić information content (AvgIpc) is 3.16. The van der Waals surface area contributed by atoms with Gasteiger partial charge in [-0.2, -0.15) is 0 Å². The van der Waals surface area contributed by atoms with Crippen LogP contribution in [0.5, 0.6) is 11.5 Å². The third kappa shape index (κ3) is 4.37. The topological polar surface area (TPSA) is 81.5 Å². The molecule has 2 aliphatic rings. The number of carbonyl (C=O) groups is 1. The predicted molar refractivity (Wildman–Crippen MR) is 132 cm³/mol. The minimum atomic E-state index is -0.610. The van der Waals surface area contributed by atoms with Crippen molar-refractivity contribution in [3.05, 3.63) is 68.5 Å². The summed E-state index contributed by atoms with van der Waals surface area (Å²) >= 11 is 6.17. The van der Waals surface area contributed by atoms with E-state index in [1.165, 1.54) is 0 Å². The molecule has 3 aromatic rings. The lowest BCUT2D eigenvalue weighted by molar-refractivity contribution is 0.0353. The van der Waals surface area contributed by atoms with Crippen molar-refractivity contribution >= 4 is 28.5 Å². The van der Waals surface area contributed by atoms with E-state index in [2.05, 4.69) is 4.90 Å². The predicted octanol–water partition coefficient (Wildman–Crippen LogP) is 3.73. The van der Waals surface area contributed by atoms with Gasteiger partial charge in [0.25, 0.3) is 5.91 Å². The van der Waals surface area contributed by atoms with Crippen LogP contribution in [0, 0.1) is 0 Å². The van der Waals surface area contributed by atoms with E-state index in [1.54, 1.807) is 43.4 Å². The molecule has 0 spiro atoms. The van der Waals surface area contributed by atoms with Crippen molar-refractivity contribution in [3.63, 3.8) is 0 Å². The molecule has 0 saturated carbocycles. The number of methoxy groups -OCH3 is 2. The lowest BCUT2D eigenvalue weighted by Gasteiger charge is -2.29. The van der Waals surface area contributed by atoms with Crippen LogP contribution in [-0.2, 0) is 4.74 Å². The minimum Gasteiger partial charge on any atom is -0.493 e. The summed E-state index contributed by atoms with van der Waals surface area (Å²) in [4.78, 5) is 31.3. The highest BCUT2D eigenvalue weighted by atomic mass is 35.5. The third-order valence-electron chi connectivity index (χ3n) is 6.63. The lowest BCUT2D eigenvalue weighted by Crippen LogP contribution is -2.38. The summed E-state index contributed by atoms with van der Waals surface area (Å²) < 4.78 is 22.3. The second-order valence-electron chi connectivity index (χ2n) is 8.64. The van der Waals surface area contributed by atoms with E-state index >= 15 is 0 Å². The monoisotopic (exact) mass is 498 g/mol. The quantitative estimate of drug-likeness (QED) is 0.491. The van der Waals surface area contributed by atoms with Crippen molar-refractivity contribution in [2.24, 2.45) is 0 Å². The van der Waals surface area contributed by atoms with Gasteiger partial charge in [-0.15, -0.1) is 0 Å². The Bertz CT molecular complexity index is 1320. The molecule has 1 amide bonds. The van der Waals surface area contributed by atoms with E-state index < -0.39 is 6.04 Å². The zero-order valence-electron chi connectivity index (χ0n) is 19.7. The molecule has 184 valence electrons. The zero-order chi connectivity index (χ0) is 24.5. The molecule has 2 aromatic carbocycles. The second-order valence-corrected chi connectivity index (χ2v) is 9.07. The summed E-state index contributed by atoms with van der Waals surface area (Å²) in [5, 5.41) is 0.781. The van der Waals surface area contributed by atoms with Gasteiger partial charge in [-0.1, -0.05) is 17.7 Å². The van der Waals surface area contributed by atoms with Crippen molar-refractivity contribution in [1.29, 1.82) is 0 Å². The van der Waals surface area contributed by atoms with Crippen LogP contribution in [0.3, 0.4) is 0 Å². The maximum atomic E-state index is 13.7. The van der Waals surface area contributed by atoms with Gasteiger partial charge in [-0.25, -0.2) is 0 Å². The number of benzene rings is 2. The van der Waals surface area contributed by atoms with Crippen LogP contribution in [0.15, 0.2) is 45.6 Å². The molecule has 0 radical (unpaired) electrons. The van der Waals surface area contributed by atoms with Crippen LogP contribution in [0.2, 0.25) is 5.02 Å². The number of amides is 1. The van der Waals surface area contributed by atoms with Gasteiger partial charge in [0.2, 0.25) is 5.76 Å². The number of carbonyl (C=O) groups excluding carboxylic acids is 1. The first-order valence-electron chi connectivity index (χ1n) is 11.6. The van der Waals surface area contributed by atoms with Crippen LogP contribution in [-0.4, -0.2) is 69.3 Å². The van der Waals surface area contributed by atoms with Crippen LogP contribution in [0.25, 0.3) is 11.0 Å². The van der Waals surface area contributed by atoms with E-state index in [0.717, 1.165) is 44.8 Å². The first kappa shape index (κ1) is 23.7. The maximum Gasteiger partial charge on any atom is 0.290 e. The fraction of sp³-hybridized carbons (Fsp3) is 0.385. The first-order valence-corrected chi connectivity index (χ1v) is 12.0. The molecule has 8 nitrogen and oxygen atoms in total. The van der Waals surface area contributed by atoms with Gasteiger partial charge in [0.1, 0.15) is 5.58 Å².